The number of ether oxygens (including phenoxy) is 1. The second kappa shape index (κ2) is 13.0. The lowest BCUT2D eigenvalue weighted by Gasteiger charge is -2.05. The number of rotatable bonds is 13. The number of nitrogens with zero attached hydrogens (tertiary/aromatic N) is 2. The number of aromatic nitrogens is 2. The van der Waals surface area contributed by atoms with Crippen LogP contribution in [0.2, 0.25) is 0 Å². The molecule has 0 spiro atoms. The zero-order valence-corrected chi connectivity index (χ0v) is 17.5. The van der Waals surface area contributed by atoms with Crippen LogP contribution in [0.3, 0.4) is 0 Å². The van der Waals surface area contributed by atoms with Gasteiger partial charge in [-0.3, -0.25) is 4.79 Å². The van der Waals surface area contributed by atoms with E-state index in [-0.39, 0.29) is 5.97 Å². The van der Waals surface area contributed by atoms with Crippen LogP contribution in [-0.4, -0.2) is 22.5 Å². The highest BCUT2D eigenvalue weighted by atomic mass is 16.5. The van der Waals surface area contributed by atoms with Crippen molar-refractivity contribution < 1.29 is 9.53 Å². The summed E-state index contributed by atoms with van der Waals surface area (Å²) in [5.74, 6) is 0.517. The molecule has 0 atom stereocenters. The van der Waals surface area contributed by atoms with Crippen LogP contribution in [0.25, 0.3) is 11.4 Å². The Hall–Kier alpha value is -2.23. The highest BCUT2D eigenvalue weighted by molar-refractivity contribution is 5.65. The van der Waals surface area contributed by atoms with Crippen molar-refractivity contribution in [3.8, 4) is 11.4 Å². The van der Waals surface area contributed by atoms with Crippen LogP contribution in [-0.2, 0) is 22.4 Å². The molecule has 4 nitrogen and oxygen atoms in total. The molecule has 1 aromatic carbocycles. The van der Waals surface area contributed by atoms with Crippen LogP contribution in [0, 0.1) is 0 Å². The zero-order valence-electron chi connectivity index (χ0n) is 17.5. The molecule has 0 bridgehead atoms. The number of benzene rings is 1. The van der Waals surface area contributed by atoms with Gasteiger partial charge in [0.25, 0.3) is 0 Å². The summed E-state index contributed by atoms with van der Waals surface area (Å²) in [4.78, 5) is 19.9. The third kappa shape index (κ3) is 8.64. The third-order valence-corrected chi connectivity index (χ3v) is 4.93. The van der Waals surface area contributed by atoms with Crippen LogP contribution in [0.4, 0.5) is 0 Å². The van der Waals surface area contributed by atoms with Gasteiger partial charge in [-0.05, 0) is 24.0 Å². The largest absolute Gasteiger partial charge is 0.466 e. The molecule has 0 aliphatic heterocycles. The highest BCUT2D eigenvalue weighted by Crippen LogP contribution is 2.17. The van der Waals surface area contributed by atoms with Crippen molar-refractivity contribution in [1.29, 1.82) is 0 Å². The van der Waals surface area contributed by atoms with E-state index < -0.39 is 0 Å². The number of hydrogen-bond acceptors (Lipinski definition) is 4. The summed E-state index contributed by atoms with van der Waals surface area (Å²) in [5, 5.41) is 0. The molecule has 2 aromatic rings. The summed E-state index contributed by atoms with van der Waals surface area (Å²) < 4.78 is 4.98. The van der Waals surface area contributed by atoms with Crippen LogP contribution >= 0.6 is 0 Å². The molecule has 0 N–H and O–H groups in total. The van der Waals surface area contributed by atoms with E-state index in [9.17, 15) is 4.79 Å². The molecule has 2 rings (SSSR count). The Morgan fingerprint density at radius 3 is 2.04 bits per heavy atom. The first-order valence-electron chi connectivity index (χ1n) is 10.7. The summed E-state index contributed by atoms with van der Waals surface area (Å²) >= 11 is 0. The van der Waals surface area contributed by atoms with Crippen LogP contribution in [0.5, 0.6) is 0 Å². The molecule has 0 saturated carbocycles. The Bertz CT molecular complexity index is 681. The van der Waals surface area contributed by atoms with Gasteiger partial charge in [0, 0.05) is 31.3 Å². The maximum absolute atomic E-state index is 10.8. The second-order valence-corrected chi connectivity index (χ2v) is 7.43. The van der Waals surface area contributed by atoms with E-state index in [0.29, 0.717) is 6.61 Å². The van der Waals surface area contributed by atoms with Crippen molar-refractivity contribution in [2.75, 3.05) is 6.61 Å². The van der Waals surface area contributed by atoms with Crippen molar-refractivity contribution in [2.24, 2.45) is 0 Å². The van der Waals surface area contributed by atoms with Gasteiger partial charge in [-0.1, -0.05) is 76.1 Å². The van der Waals surface area contributed by atoms with Gasteiger partial charge in [0.1, 0.15) is 0 Å². The van der Waals surface area contributed by atoms with Gasteiger partial charge in [0.05, 0.1) is 6.61 Å². The Balaban J connectivity index is 1.70. The number of unbranched alkanes of at least 4 members (excludes halogenated alkanes) is 7. The molecule has 0 aliphatic rings. The zero-order chi connectivity index (χ0) is 20.0. The first kappa shape index (κ1) is 22.1. The van der Waals surface area contributed by atoms with Gasteiger partial charge in [-0.15, -0.1) is 0 Å². The Labute approximate surface area is 169 Å². The predicted octanol–water partition coefficient (Wildman–Crippen LogP) is 5.93. The molecule has 0 fully saturated rings. The smallest absolute Gasteiger partial charge is 0.302 e. The lowest BCUT2D eigenvalue weighted by Crippen LogP contribution is -2.03. The standard InChI is InChI=1S/C24H34N2O2/c1-3-4-5-6-7-8-9-10-11-22-18-25-24(26-19-22)23-14-12-21(13-15-23)16-17-28-20(2)27/h12-15,18-19H,3-11,16-17H2,1-2H3. The molecule has 0 amide bonds. The SMILES string of the molecule is CCCCCCCCCCc1cnc(-c2ccc(CCOC(C)=O)cc2)nc1. The molecule has 0 unspecified atom stereocenters. The highest BCUT2D eigenvalue weighted by Gasteiger charge is 2.03. The summed E-state index contributed by atoms with van der Waals surface area (Å²) in [6, 6.07) is 8.13. The number of carbonyl (C=O) groups excluding carboxylic acids is 1. The summed E-state index contributed by atoms with van der Waals surface area (Å²) in [7, 11) is 0. The quantitative estimate of drug-likeness (QED) is 0.318. The average Bonchev–Trinajstić information content (AvgIpc) is 2.71. The molecular formula is C24H34N2O2. The number of esters is 1. The monoisotopic (exact) mass is 382 g/mol. The first-order valence-corrected chi connectivity index (χ1v) is 10.7. The van der Waals surface area contributed by atoms with Crippen molar-refractivity contribution in [3.63, 3.8) is 0 Å². The topological polar surface area (TPSA) is 52.1 Å². The summed E-state index contributed by atoms with van der Waals surface area (Å²) in [5.41, 5.74) is 3.36. The van der Waals surface area contributed by atoms with Crippen LogP contribution < -0.4 is 0 Å². The van der Waals surface area contributed by atoms with Gasteiger partial charge in [0.2, 0.25) is 0 Å². The molecule has 4 heteroatoms. The molecule has 152 valence electrons. The lowest BCUT2D eigenvalue weighted by atomic mass is 10.1. The van der Waals surface area contributed by atoms with Crippen molar-refractivity contribution in [1.82, 2.24) is 9.97 Å². The van der Waals surface area contributed by atoms with Gasteiger partial charge < -0.3 is 4.74 Å². The van der Waals surface area contributed by atoms with E-state index >= 15 is 0 Å². The molecule has 0 radical (unpaired) electrons. The Morgan fingerprint density at radius 2 is 1.43 bits per heavy atom. The predicted molar refractivity (Wildman–Crippen MR) is 114 cm³/mol. The second-order valence-electron chi connectivity index (χ2n) is 7.43. The fraction of sp³-hybridized carbons (Fsp3) is 0.542. The minimum Gasteiger partial charge on any atom is -0.466 e. The summed E-state index contributed by atoms with van der Waals surface area (Å²) in [6.45, 7) is 4.11. The van der Waals surface area contributed by atoms with E-state index in [4.69, 9.17) is 4.74 Å². The third-order valence-electron chi connectivity index (χ3n) is 4.93. The number of aryl methyl sites for hydroxylation is 1. The van der Waals surface area contributed by atoms with Crippen LogP contribution in [0.15, 0.2) is 36.7 Å². The van der Waals surface area contributed by atoms with Crippen molar-refractivity contribution >= 4 is 5.97 Å². The Morgan fingerprint density at radius 1 is 0.821 bits per heavy atom. The van der Waals surface area contributed by atoms with E-state index in [1.807, 2.05) is 36.7 Å². The summed E-state index contributed by atoms with van der Waals surface area (Å²) in [6.07, 6.45) is 16.4. The number of carbonyl (C=O) groups is 1. The minimum atomic E-state index is -0.239. The normalized spacial score (nSPS) is 10.8. The number of hydrogen-bond donors (Lipinski definition) is 0. The molecule has 0 saturated heterocycles. The van der Waals surface area contributed by atoms with Gasteiger partial charge in [-0.2, -0.15) is 0 Å². The first-order chi connectivity index (χ1) is 13.7. The van der Waals surface area contributed by atoms with E-state index in [1.165, 1.54) is 63.9 Å². The molecular weight excluding hydrogens is 348 g/mol. The van der Waals surface area contributed by atoms with E-state index in [1.54, 1.807) is 0 Å². The molecule has 1 heterocycles. The van der Waals surface area contributed by atoms with Crippen molar-refractivity contribution in [2.45, 2.75) is 78.1 Å². The maximum Gasteiger partial charge on any atom is 0.302 e. The lowest BCUT2D eigenvalue weighted by molar-refractivity contribution is -0.140. The molecule has 0 aliphatic carbocycles. The van der Waals surface area contributed by atoms with Gasteiger partial charge >= 0.3 is 5.97 Å². The van der Waals surface area contributed by atoms with Gasteiger partial charge in [0.15, 0.2) is 5.82 Å². The fourth-order valence-electron chi connectivity index (χ4n) is 3.23. The minimum absolute atomic E-state index is 0.239. The fourth-order valence-corrected chi connectivity index (χ4v) is 3.23. The maximum atomic E-state index is 10.8. The molecule has 1 aromatic heterocycles. The van der Waals surface area contributed by atoms with E-state index in [0.717, 1.165) is 29.8 Å². The Kier molecular flexibility index (Phi) is 10.3. The average molecular weight is 383 g/mol. The molecule has 28 heavy (non-hydrogen) atoms. The van der Waals surface area contributed by atoms with Gasteiger partial charge in [-0.25, -0.2) is 9.97 Å². The van der Waals surface area contributed by atoms with Crippen molar-refractivity contribution in [3.05, 3.63) is 47.8 Å². The van der Waals surface area contributed by atoms with E-state index in [2.05, 4.69) is 16.9 Å². The van der Waals surface area contributed by atoms with Crippen LogP contribution in [0.1, 0.15) is 76.3 Å².